The van der Waals surface area contributed by atoms with Gasteiger partial charge in [0.05, 0.1) is 40.1 Å². The number of aromatic amines is 1. The standard InChI is InChI=1S/C35H29F3N4O8S3/c1-49-23-11-15(5-10-22(23)50-14-24(43)40-17-6-8-19(9-7-17)53(39,47)48)25-26-20-13-21(29(26)51-31-30(25)52-34(46)41-31)28-27(20)32(44)42(33(28)45)18-4-2-3-16(12-18)35(36,37)38/h2-12,20-21,25-29H,13-14H2,1H3,(H,40,43)(H,41,46)(H2,39,47,48)/t20-,21-,25-,26?,27?,28?,29?/m1/s1. The third-order valence-corrected chi connectivity index (χ3v) is 14.0. The van der Waals surface area contributed by atoms with Crippen molar-refractivity contribution < 1.29 is 45.4 Å². The number of nitrogens with two attached hydrogens (primary N) is 1. The number of amides is 3. The number of anilines is 2. The number of rotatable bonds is 8. The normalized spacial score (nSPS) is 25.9. The van der Waals surface area contributed by atoms with Crippen molar-refractivity contribution in [2.24, 2.45) is 34.7 Å². The van der Waals surface area contributed by atoms with Gasteiger partial charge >= 0.3 is 11.0 Å². The number of methoxy groups -OCH3 is 1. The van der Waals surface area contributed by atoms with Crippen molar-refractivity contribution in [3.8, 4) is 11.5 Å². The topological polar surface area (TPSA) is 178 Å². The maximum Gasteiger partial charge on any atom is 0.416 e. The number of alkyl halides is 3. The number of primary sulfonamides is 1. The van der Waals surface area contributed by atoms with E-state index in [1.165, 1.54) is 55.3 Å². The summed E-state index contributed by atoms with van der Waals surface area (Å²) in [6, 6.07) is 14.8. The number of hydrogen-bond acceptors (Lipinski definition) is 10. The van der Waals surface area contributed by atoms with Crippen LogP contribution in [0.2, 0.25) is 0 Å². The lowest BCUT2D eigenvalue weighted by molar-refractivity contribution is -0.137. The van der Waals surface area contributed by atoms with Crippen molar-refractivity contribution in [2.45, 2.75) is 33.7 Å². The molecule has 276 valence electrons. The quantitative estimate of drug-likeness (QED) is 0.212. The summed E-state index contributed by atoms with van der Waals surface area (Å²) in [5.41, 5.74) is 0.0319. The van der Waals surface area contributed by atoms with Crippen LogP contribution in [0.25, 0.3) is 0 Å². The molecule has 3 fully saturated rings. The van der Waals surface area contributed by atoms with Crippen LogP contribution in [-0.4, -0.2) is 50.1 Å². The van der Waals surface area contributed by atoms with Crippen molar-refractivity contribution >= 4 is 62.2 Å². The fourth-order valence-electron chi connectivity index (χ4n) is 8.53. The molecule has 2 saturated carbocycles. The molecule has 1 saturated heterocycles. The maximum atomic E-state index is 14.0. The van der Waals surface area contributed by atoms with Crippen LogP contribution in [0.1, 0.15) is 28.3 Å². The molecule has 12 nitrogen and oxygen atoms in total. The van der Waals surface area contributed by atoms with E-state index in [1.807, 2.05) is 0 Å². The number of hydrogen-bond donors (Lipinski definition) is 3. The number of aromatic nitrogens is 1. The molecule has 2 bridgehead atoms. The highest BCUT2D eigenvalue weighted by Gasteiger charge is 2.69. The number of halogens is 3. The van der Waals surface area contributed by atoms with Gasteiger partial charge in [0.25, 0.3) is 5.91 Å². The van der Waals surface area contributed by atoms with Crippen LogP contribution in [0.4, 0.5) is 24.5 Å². The predicted octanol–water partition coefficient (Wildman–Crippen LogP) is 4.81. The van der Waals surface area contributed by atoms with Crippen LogP contribution in [0, 0.1) is 29.6 Å². The third-order valence-electron chi connectivity index (χ3n) is 10.5. The minimum atomic E-state index is -4.65. The van der Waals surface area contributed by atoms with Gasteiger partial charge in [0.15, 0.2) is 18.1 Å². The Balaban J connectivity index is 1.06. The molecule has 3 amide bonds. The van der Waals surface area contributed by atoms with Crippen molar-refractivity contribution in [3.63, 3.8) is 0 Å². The van der Waals surface area contributed by atoms with Gasteiger partial charge in [-0.1, -0.05) is 23.5 Å². The number of benzene rings is 3. The maximum absolute atomic E-state index is 14.0. The lowest BCUT2D eigenvalue weighted by atomic mass is 9.68. The van der Waals surface area contributed by atoms with Gasteiger partial charge in [-0.05, 0) is 84.3 Å². The van der Waals surface area contributed by atoms with Crippen LogP contribution in [0.15, 0.2) is 81.4 Å². The fourth-order valence-corrected chi connectivity index (χ4v) is 11.9. The van der Waals surface area contributed by atoms with E-state index in [0.717, 1.165) is 38.8 Å². The van der Waals surface area contributed by atoms with E-state index in [1.54, 1.807) is 18.2 Å². The molecule has 1 aromatic heterocycles. The van der Waals surface area contributed by atoms with Gasteiger partial charge in [-0.3, -0.25) is 24.1 Å². The van der Waals surface area contributed by atoms with Crippen molar-refractivity contribution in [1.29, 1.82) is 0 Å². The molecule has 4 aliphatic rings. The van der Waals surface area contributed by atoms with Gasteiger partial charge in [-0.25, -0.2) is 13.6 Å². The first kappa shape index (κ1) is 35.4. The molecule has 18 heteroatoms. The molecule has 3 heterocycles. The molecule has 53 heavy (non-hydrogen) atoms. The Hall–Kier alpha value is -4.65. The molecular weight excluding hydrogens is 758 g/mol. The number of thioether (sulfide) groups is 1. The zero-order valence-corrected chi connectivity index (χ0v) is 29.9. The Kier molecular flexibility index (Phi) is 8.51. The van der Waals surface area contributed by atoms with E-state index in [-0.39, 0.29) is 50.1 Å². The molecule has 2 aliphatic carbocycles. The summed E-state index contributed by atoms with van der Waals surface area (Å²) in [7, 11) is -2.46. The lowest BCUT2D eigenvalue weighted by Gasteiger charge is -2.43. The van der Waals surface area contributed by atoms with Gasteiger partial charge in [0, 0.05) is 21.7 Å². The van der Waals surface area contributed by atoms with E-state index < -0.39 is 57.9 Å². The molecule has 4 aromatic rings. The Morgan fingerprint density at radius 1 is 1.00 bits per heavy atom. The fraction of sp³-hybridized carbons (Fsp3) is 0.314. The second kappa shape index (κ2) is 12.7. The number of ether oxygens (including phenoxy) is 2. The van der Waals surface area contributed by atoms with E-state index in [0.29, 0.717) is 22.9 Å². The summed E-state index contributed by atoms with van der Waals surface area (Å²) in [6.45, 7) is -0.410. The number of fused-ring (bicyclic) bond motifs is 9. The zero-order chi connectivity index (χ0) is 37.6. The Bertz CT molecular complexity index is 2350. The number of nitrogens with one attached hydrogen (secondary N) is 2. The highest BCUT2D eigenvalue weighted by Crippen LogP contribution is 2.69. The summed E-state index contributed by atoms with van der Waals surface area (Å²) in [6.07, 6.45) is -4.07. The van der Waals surface area contributed by atoms with Crippen LogP contribution in [0.5, 0.6) is 11.5 Å². The summed E-state index contributed by atoms with van der Waals surface area (Å²) in [4.78, 5) is 57.5. The van der Waals surface area contributed by atoms with Crippen LogP contribution in [0.3, 0.4) is 0 Å². The summed E-state index contributed by atoms with van der Waals surface area (Å²) < 4.78 is 75.1. The molecule has 0 spiro atoms. The Morgan fingerprint density at radius 2 is 1.72 bits per heavy atom. The number of carbonyl (C=O) groups is 3. The second-order valence-corrected chi connectivity index (χ2v) is 17.1. The Labute approximate surface area is 307 Å². The second-order valence-electron chi connectivity index (χ2n) is 13.3. The summed E-state index contributed by atoms with van der Waals surface area (Å²) >= 11 is 2.55. The zero-order valence-electron chi connectivity index (χ0n) is 27.5. The molecule has 0 radical (unpaired) electrons. The number of sulfonamides is 1. The molecular formula is C35H29F3N4O8S3. The van der Waals surface area contributed by atoms with Crippen molar-refractivity contribution in [2.75, 3.05) is 23.9 Å². The molecule has 2 aliphatic heterocycles. The first-order chi connectivity index (χ1) is 25.1. The Morgan fingerprint density at radius 3 is 2.40 bits per heavy atom. The average molecular weight is 787 g/mol. The number of nitrogens with zero attached hydrogens (tertiary/aromatic N) is 1. The molecule has 3 aromatic carbocycles. The monoisotopic (exact) mass is 786 g/mol. The first-order valence-corrected chi connectivity index (χ1v) is 19.6. The average Bonchev–Trinajstić information content (AvgIpc) is 3.85. The smallest absolute Gasteiger partial charge is 0.416 e. The van der Waals surface area contributed by atoms with Crippen LogP contribution in [-0.2, 0) is 30.6 Å². The van der Waals surface area contributed by atoms with E-state index >= 15 is 0 Å². The van der Waals surface area contributed by atoms with Gasteiger partial charge in [0.1, 0.15) is 0 Å². The van der Waals surface area contributed by atoms with Crippen LogP contribution < -0.4 is 29.7 Å². The minimum Gasteiger partial charge on any atom is -0.493 e. The van der Waals surface area contributed by atoms with E-state index in [9.17, 15) is 40.8 Å². The van der Waals surface area contributed by atoms with Gasteiger partial charge < -0.3 is 19.8 Å². The lowest BCUT2D eigenvalue weighted by Crippen LogP contribution is -2.42. The van der Waals surface area contributed by atoms with E-state index in [2.05, 4.69) is 10.3 Å². The van der Waals surface area contributed by atoms with Crippen LogP contribution >= 0.6 is 23.1 Å². The number of carbonyl (C=O) groups excluding carboxylic acids is 3. The van der Waals surface area contributed by atoms with Gasteiger partial charge in [0.2, 0.25) is 21.8 Å². The van der Waals surface area contributed by atoms with Gasteiger partial charge in [-0.2, -0.15) is 13.2 Å². The molecule has 4 unspecified atom stereocenters. The largest absolute Gasteiger partial charge is 0.493 e. The summed E-state index contributed by atoms with van der Waals surface area (Å²) in [5, 5.41) is 8.25. The number of imide groups is 1. The van der Waals surface area contributed by atoms with Crippen molar-refractivity contribution in [1.82, 2.24) is 4.98 Å². The highest BCUT2D eigenvalue weighted by molar-refractivity contribution is 8.00. The summed E-state index contributed by atoms with van der Waals surface area (Å²) in [5.74, 6) is -3.49. The number of thiazole rings is 1. The minimum absolute atomic E-state index is 0.104. The van der Waals surface area contributed by atoms with Gasteiger partial charge in [-0.15, -0.1) is 11.8 Å². The first-order valence-electron chi connectivity index (χ1n) is 16.3. The molecule has 7 atom stereocenters. The predicted molar refractivity (Wildman–Crippen MR) is 187 cm³/mol. The SMILES string of the molecule is COc1cc([C@H]2c3sc(=O)[nH]c3SC3C2[C@H]2C[C@@H]3C3C(=O)N(c4cccc(C(F)(F)F)c4)C(=O)C32)ccc1OCC(=O)Nc1ccc(S(N)(=O)=O)cc1. The molecule has 8 rings (SSSR count). The number of H-pyrrole nitrogens is 1. The van der Waals surface area contributed by atoms with Crippen molar-refractivity contribution in [3.05, 3.63) is 92.4 Å². The van der Waals surface area contributed by atoms with E-state index in [4.69, 9.17) is 14.6 Å². The third kappa shape index (κ3) is 6.00. The molecule has 4 N–H and O–H groups in total. The highest BCUT2D eigenvalue weighted by atomic mass is 32.2.